The minimum absolute atomic E-state index is 0.126. The third-order valence-corrected chi connectivity index (χ3v) is 8.00. The Labute approximate surface area is 218 Å². The van der Waals surface area contributed by atoms with Crippen molar-refractivity contribution in [1.29, 1.82) is 0 Å². The number of nitrogens with zero attached hydrogens (tertiary/aromatic N) is 2. The molecule has 0 spiro atoms. The molecule has 3 aliphatic rings. The lowest BCUT2D eigenvalue weighted by Gasteiger charge is -2.48. The van der Waals surface area contributed by atoms with Gasteiger partial charge in [-0.2, -0.15) is 0 Å². The summed E-state index contributed by atoms with van der Waals surface area (Å²) in [7, 11) is 3.34. The van der Waals surface area contributed by atoms with E-state index in [1.165, 1.54) is 0 Å². The van der Waals surface area contributed by atoms with E-state index in [4.69, 9.17) is 24.7 Å². The summed E-state index contributed by atoms with van der Waals surface area (Å²) in [6.45, 7) is 2.83. The van der Waals surface area contributed by atoms with Gasteiger partial charge in [0.25, 0.3) is 0 Å². The summed E-state index contributed by atoms with van der Waals surface area (Å²) in [5.74, 6) is 1.21. The molecule has 5 rings (SSSR count). The second-order valence-electron chi connectivity index (χ2n) is 10.1. The predicted molar refractivity (Wildman–Crippen MR) is 137 cm³/mol. The quantitative estimate of drug-likeness (QED) is 0.525. The van der Waals surface area contributed by atoms with Crippen molar-refractivity contribution in [3.05, 3.63) is 59.7 Å². The lowest BCUT2D eigenvalue weighted by molar-refractivity contribution is -0.203. The van der Waals surface area contributed by atoms with Gasteiger partial charge in [-0.25, -0.2) is 0 Å². The molecule has 9 heteroatoms. The molecule has 200 valence electrons. The lowest BCUT2D eigenvalue weighted by atomic mass is 9.89. The fourth-order valence-corrected chi connectivity index (χ4v) is 6.07. The highest BCUT2D eigenvalue weighted by atomic mass is 16.7. The van der Waals surface area contributed by atoms with Crippen LogP contribution in [-0.2, 0) is 27.4 Å². The molecule has 0 unspecified atom stereocenters. The van der Waals surface area contributed by atoms with Crippen molar-refractivity contribution in [1.82, 2.24) is 9.80 Å². The number of benzene rings is 2. The van der Waals surface area contributed by atoms with E-state index < -0.39 is 12.4 Å². The maximum absolute atomic E-state index is 11.9. The van der Waals surface area contributed by atoms with Crippen LogP contribution in [-0.4, -0.2) is 85.3 Å². The molecule has 2 aromatic rings. The summed E-state index contributed by atoms with van der Waals surface area (Å²) < 4.78 is 23.7. The minimum Gasteiger partial charge on any atom is -0.496 e. The molecule has 1 amide bonds. The number of nitrogens with two attached hydrogens (primary N) is 1. The zero-order chi connectivity index (χ0) is 25.9. The molecule has 37 heavy (non-hydrogen) atoms. The number of aliphatic hydroxyl groups excluding tert-OH is 1. The van der Waals surface area contributed by atoms with E-state index in [2.05, 4.69) is 9.80 Å². The molecule has 0 aromatic heterocycles. The standard InChI is InChI=1S/C28H37N3O6/c1-34-21-9-5-3-7-19(21)15-31(16-20-8-4-6-10-22(20)35-2)24-23-17-36-28(37-23)25(26(24)32)30-13-11-18(12-14-30)27(29)33/h3-10,18,23-26,28,32H,11-17H2,1-2H3,(H2,29,33)/t23-,24-,25-,26+,28-/m1/s1. The van der Waals surface area contributed by atoms with Gasteiger partial charge in [-0.15, -0.1) is 0 Å². The highest BCUT2D eigenvalue weighted by Gasteiger charge is 2.54. The number of ether oxygens (including phenoxy) is 4. The van der Waals surface area contributed by atoms with Crippen molar-refractivity contribution in [3.8, 4) is 11.5 Å². The van der Waals surface area contributed by atoms with Crippen LogP contribution in [0.15, 0.2) is 48.5 Å². The summed E-state index contributed by atoms with van der Waals surface area (Å²) in [5.41, 5.74) is 7.59. The number of rotatable bonds is 9. The Hall–Kier alpha value is -2.69. The number of primary amides is 1. The van der Waals surface area contributed by atoms with Gasteiger partial charge < -0.3 is 29.8 Å². The normalized spacial score (nSPS) is 28.4. The Morgan fingerprint density at radius 1 is 1.03 bits per heavy atom. The van der Waals surface area contributed by atoms with Crippen LogP contribution >= 0.6 is 0 Å². The third-order valence-electron chi connectivity index (χ3n) is 8.00. The maximum atomic E-state index is 11.9. The molecule has 5 atom stereocenters. The molecule has 0 saturated carbocycles. The molecule has 2 aromatic carbocycles. The van der Waals surface area contributed by atoms with Gasteiger partial charge in [0.1, 0.15) is 17.6 Å². The Kier molecular flexibility index (Phi) is 7.97. The number of hydrogen-bond acceptors (Lipinski definition) is 8. The Bertz CT molecular complexity index is 1030. The van der Waals surface area contributed by atoms with E-state index in [0.717, 1.165) is 22.6 Å². The topological polar surface area (TPSA) is 107 Å². The van der Waals surface area contributed by atoms with Crippen molar-refractivity contribution in [2.45, 2.75) is 56.5 Å². The average Bonchev–Trinajstić information content (AvgIpc) is 3.33. The molecular weight excluding hydrogens is 474 g/mol. The van der Waals surface area contributed by atoms with Crippen molar-refractivity contribution < 1.29 is 28.8 Å². The number of hydrogen-bond donors (Lipinski definition) is 2. The molecule has 0 radical (unpaired) electrons. The number of aliphatic hydroxyl groups is 1. The summed E-state index contributed by atoms with van der Waals surface area (Å²) in [5, 5.41) is 11.9. The van der Waals surface area contributed by atoms with E-state index in [1.807, 2.05) is 48.5 Å². The Morgan fingerprint density at radius 2 is 1.59 bits per heavy atom. The smallest absolute Gasteiger partial charge is 0.220 e. The average molecular weight is 512 g/mol. The van der Waals surface area contributed by atoms with E-state index in [-0.39, 0.29) is 30.0 Å². The van der Waals surface area contributed by atoms with Gasteiger partial charge in [-0.05, 0) is 38.1 Å². The second kappa shape index (κ2) is 11.4. The maximum Gasteiger partial charge on any atom is 0.220 e. The minimum atomic E-state index is -0.721. The highest BCUT2D eigenvalue weighted by molar-refractivity contribution is 5.76. The first-order chi connectivity index (χ1) is 18.0. The number of carbonyl (C=O) groups excluding carboxylic acids is 1. The monoisotopic (exact) mass is 511 g/mol. The van der Waals surface area contributed by atoms with Gasteiger partial charge in [0.2, 0.25) is 5.91 Å². The first-order valence-corrected chi connectivity index (χ1v) is 13.0. The molecule has 3 N–H and O–H groups in total. The molecule has 3 saturated heterocycles. The third kappa shape index (κ3) is 5.32. The number of methoxy groups -OCH3 is 2. The van der Waals surface area contributed by atoms with Gasteiger partial charge in [0.05, 0.1) is 39.0 Å². The van der Waals surface area contributed by atoms with Crippen LogP contribution < -0.4 is 15.2 Å². The SMILES string of the molecule is COc1ccccc1CN(Cc1ccccc1OC)[C@H]1[C@H](O)[C@@H](N2CCC(C(N)=O)CC2)[C@@H]2OC[C@H]1O2. The van der Waals surface area contributed by atoms with Crippen LogP contribution in [0.25, 0.3) is 0 Å². The van der Waals surface area contributed by atoms with Crippen LogP contribution in [0.1, 0.15) is 24.0 Å². The summed E-state index contributed by atoms with van der Waals surface area (Å²) in [6, 6.07) is 15.2. The van der Waals surface area contributed by atoms with Gasteiger partial charge in [-0.3, -0.25) is 14.6 Å². The van der Waals surface area contributed by atoms with E-state index in [0.29, 0.717) is 45.6 Å². The number of likely N-dealkylation sites (tertiary alicyclic amines) is 1. The van der Waals surface area contributed by atoms with Crippen molar-refractivity contribution in [2.24, 2.45) is 11.7 Å². The molecule has 0 aliphatic carbocycles. The van der Waals surface area contributed by atoms with E-state index in [9.17, 15) is 9.90 Å². The second-order valence-corrected chi connectivity index (χ2v) is 10.1. The Balaban J connectivity index is 1.45. The zero-order valence-electron chi connectivity index (χ0n) is 21.5. The van der Waals surface area contributed by atoms with Crippen LogP contribution in [0, 0.1) is 5.92 Å². The fraction of sp³-hybridized carbons (Fsp3) is 0.536. The van der Waals surface area contributed by atoms with Gasteiger partial charge in [0.15, 0.2) is 6.29 Å². The van der Waals surface area contributed by atoms with E-state index >= 15 is 0 Å². The van der Waals surface area contributed by atoms with Gasteiger partial charge in [0, 0.05) is 30.1 Å². The molecule has 9 nitrogen and oxygen atoms in total. The summed E-state index contributed by atoms with van der Waals surface area (Å²) in [6.07, 6.45) is -0.151. The molecular formula is C28H37N3O6. The Morgan fingerprint density at radius 3 is 2.14 bits per heavy atom. The van der Waals surface area contributed by atoms with Crippen molar-refractivity contribution in [3.63, 3.8) is 0 Å². The van der Waals surface area contributed by atoms with Crippen LogP contribution in [0.2, 0.25) is 0 Å². The van der Waals surface area contributed by atoms with Crippen LogP contribution in [0.4, 0.5) is 0 Å². The number of carbonyl (C=O) groups is 1. The van der Waals surface area contributed by atoms with E-state index in [1.54, 1.807) is 14.2 Å². The molecule has 2 bridgehead atoms. The fourth-order valence-electron chi connectivity index (χ4n) is 6.07. The predicted octanol–water partition coefficient (Wildman–Crippen LogP) is 1.76. The lowest BCUT2D eigenvalue weighted by Crippen LogP contribution is -2.65. The molecule has 3 fully saturated rings. The number of fused-ring (bicyclic) bond motifs is 2. The first-order valence-electron chi connectivity index (χ1n) is 13.0. The number of para-hydroxylation sites is 2. The number of piperidine rings is 1. The molecule has 3 heterocycles. The van der Waals surface area contributed by atoms with Crippen molar-refractivity contribution in [2.75, 3.05) is 33.9 Å². The highest BCUT2D eigenvalue weighted by Crippen LogP contribution is 2.37. The zero-order valence-corrected chi connectivity index (χ0v) is 21.5. The largest absolute Gasteiger partial charge is 0.496 e. The summed E-state index contributed by atoms with van der Waals surface area (Å²) in [4.78, 5) is 16.2. The number of amides is 1. The summed E-state index contributed by atoms with van der Waals surface area (Å²) >= 11 is 0. The van der Waals surface area contributed by atoms with Crippen LogP contribution in [0.3, 0.4) is 0 Å². The van der Waals surface area contributed by atoms with Crippen LogP contribution in [0.5, 0.6) is 11.5 Å². The molecule has 3 aliphatic heterocycles. The van der Waals surface area contributed by atoms with Gasteiger partial charge >= 0.3 is 0 Å². The van der Waals surface area contributed by atoms with Gasteiger partial charge in [-0.1, -0.05) is 36.4 Å². The van der Waals surface area contributed by atoms with Crippen molar-refractivity contribution >= 4 is 5.91 Å². The first kappa shape index (κ1) is 25.9.